The highest BCUT2D eigenvalue weighted by Crippen LogP contribution is 2.33. The Morgan fingerprint density at radius 2 is 1.85 bits per heavy atom. The van der Waals surface area contributed by atoms with Crippen LogP contribution >= 0.6 is 0 Å². The number of nitrogens with one attached hydrogen (secondary N) is 1. The van der Waals surface area contributed by atoms with E-state index in [2.05, 4.69) is 12.2 Å². The van der Waals surface area contributed by atoms with Gasteiger partial charge in [-0.3, -0.25) is 4.79 Å². The molecular formula is C18H26N2O6S. The van der Waals surface area contributed by atoms with Gasteiger partial charge in [0.25, 0.3) is 5.91 Å². The number of ether oxygens (including phenoxy) is 1. The molecule has 2 N–H and O–H groups in total. The lowest BCUT2D eigenvalue weighted by Crippen LogP contribution is -2.56. The molecule has 1 aromatic rings. The third-order valence-electron chi connectivity index (χ3n) is 5.07. The Morgan fingerprint density at radius 3 is 2.33 bits per heavy atom. The van der Waals surface area contributed by atoms with Gasteiger partial charge in [-0.1, -0.05) is 6.92 Å². The van der Waals surface area contributed by atoms with Crippen molar-refractivity contribution in [3.8, 4) is 5.75 Å². The van der Waals surface area contributed by atoms with Crippen molar-refractivity contribution in [3.63, 3.8) is 0 Å². The van der Waals surface area contributed by atoms with Crippen LogP contribution in [0.15, 0.2) is 23.1 Å². The smallest absolute Gasteiger partial charge is 0.329 e. The second-order valence-electron chi connectivity index (χ2n) is 7.18. The van der Waals surface area contributed by atoms with Crippen LogP contribution in [-0.4, -0.2) is 56.5 Å². The molecule has 0 atom stereocenters. The van der Waals surface area contributed by atoms with Gasteiger partial charge in [-0.25, -0.2) is 17.5 Å². The first-order valence-electron chi connectivity index (χ1n) is 8.70. The highest BCUT2D eigenvalue weighted by molar-refractivity contribution is 7.89. The van der Waals surface area contributed by atoms with Crippen LogP contribution < -0.4 is 10.1 Å². The lowest BCUT2D eigenvalue weighted by atomic mass is 9.77. The van der Waals surface area contributed by atoms with Gasteiger partial charge in [0.05, 0.1) is 7.11 Å². The number of carboxylic acid groups (broad SMARTS) is 1. The second kappa shape index (κ2) is 7.85. The predicted molar refractivity (Wildman–Crippen MR) is 99.3 cm³/mol. The van der Waals surface area contributed by atoms with E-state index in [-0.39, 0.29) is 16.2 Å². The van der Waals surface area contributed by atoms with E-state index in [4.69, 9.17) is 4.74 Å². The van der Waals surface area contributed by atoms with Crippen molar-refractivity contribution in [1.82, 2.24) is 9.62 Å². The van der Waals surface area contributed by atoms with Gasteiger partial charge in [0, 0.05) is 19.7 Å². The first kappa shape index (κ1) is 21.2. The van der Waals surface area contributed by atoms with Crippen LogP contribution in [0.2, 0.25) is 0 Å². The number of benzene rings is 1. The molecule has 0 aliphatic heterocycles. The van der Waals surface area contributed by atoms with Crippen molar-refractivity contribution in [2.24, 2.45) is 5.92 Å². The molecule has 0 saturated heterocycles. The van der Waals surface area contributed by atoms with Gasteiger partial charge >= 0.3 is 5.97 Å². The number of nitrogens with zero attached hydrogens (tertiary/aromatic N) is 1. The molecule has 1 amide bonds. The molecule has 27 heavy (non-hydrogen) atoms. The second-order valence-corrected chi connectivity index (χ2v) is 9.30. The SMILES string of the molecule is COc1ccc(C(=O)NC2(C(=O)O)CCC(C)CC2)cc1S(=O)(=O)N(C)C. The Kier molecular flexibility index (Phi) is 6.16. The van der Waals surface area contributed by atoms with Gasteiger partial charge in [0.15, 0.2) is 0 Å². The Hall–Kier alpha value is -2.13. The number of sulfonamides is 1. The summed E-state index contributed by atoms with van der Waals surface area (Å²) in [7, 11) is 0.262. The molecule has 1 aromatic carbocycles. The van der Waals surface area contributed by atoms with Gasteiger partial charge < -0.3 is 15.2 Å². The Labute approximate surface area is 159 Å². The summed E-state index contributed by atoms with van der Waals surface area (Å²) < 4.78 is 31.1. The minimum atomic E-state index is -3.84. The molecule has 1 saturated carbocycles. The van der Waals surface area contributed by atoms with E-state index in [1.807, 2.05) is 0 Å². The summed E-state index contributed by atoms with van der Waals surface area (Å²) in [6.45, 7) is 2.05. The van der Waals surface area contributed by atoms with Crippen molar-refractivity contribution < 1.29 is 27.9 Å². The molecular weight excluding hydrogens is 372 g/mol. The van der Waals surface area contributed by atoms with E-state index in [0.29, 0.717) is 31.6 Å². The summed E-state index contributed by atoms with van der Waals surface area (Å²) in [5, 5.41) is 12.3. The molecule has 0 unspecified atom stereocenters. The zero-order valence-corrected chi connectivity index (χ0v) is 16.8. The number of hydrogen-bond acceptors (Lipinski definition) is 5. The first-order valence-corrected chi connectivity index (χ1v) is 10.1. The molecule has 150 valence electrons. The third-order valence-corrected chi connectivity index (χ3v) is 6.91. The highest BCUT2D eigenvalue weighted by atomic mass is 32.2. The number of aliphatic carboxylic acids is 1. The number of carboxylic acids is 1. The van der Waals surface area contributed by atoms with Crippen LogP contribution in [0.3, 0.4) is 0 Å². The maximum Gasteiger partial charge on any atom is 0.329 e. The van der Waals surface area contributed by atoms with Crippen LogP contribution in [0.1, 0.15) is 43.0 Å². The first-order chi connectivity index (χ1) is 12.5. The lowest BCUT2D eigenvalue weighted by molar-refractivity contribution is -0.146. The molecule has 0 spiro atoms. The monoisotopic (exact) mass is 398 g/mol. The minimum Gasteiger partial charge on any atom is -0.495 e. The Morgan fingerprint density at radius 1 is 1.26 bits per heavy atom. The molecule has 1 fully saturated rings. The fourth-order valence-corrected chi connectivity index (χ4v) is 4.23. The van der Waals surface area contributed by atoms with E-state index in [0.717, 1.165) is 4.31 Å². The summed E-state index contributed by atoms with van der Waals surface area (Å²) in [5.74, 6) is -1.17. The molecule has 0 aromatic heterocycles. The largest absolute Gasteiger partial charge is 0.495 e. The minimum absolute atomic E-state index is 0.0653. The number of methoxy groups -OCH3 is 1. The van der Waals surface area contributed by atoms with E-state index >= 15 is 0 Å². The predicted octanol–water partition coefficient (Wildman–Crippen LogP) is 1.71. The topological polar surface area (TPSA) is 113 Å². The van der Waals surface area contributed by atoms with Crippen LogP contribution in [-0.2, 0) is 14.8 Å². The standard InChI is InChI=1S/C18H26N2O6S/c1-12-7-9-18(10-8-12,17(22)23)19-16(21)13-5-6-14(26-4)15(11-13)27(24,25)20(2)3/h5-6,11-12H,7-10H2,1-4H3,(H,19,21)(H,22,23). The lowest BCUT2D eigenvalue weighted by Gasteiger charge is -2.36. The normalized spacial score (nSPS) is 23.1. The number of amides is 1. The summed E-state index contributed by atoms with van der Waals surface area (Å²) in [6.07, 6.45) is 2.09. The molecule has 9 heteroatoms. The molecule has 0 heterocycles. The van der Waals surface area contributed by atoms with Crippen molar-refractivity contribution in [1.29, 1.82) is 0 Å². The quantitative estimate of drug-likeness (QED) is 0.754. The number of rotatable bonds is 6. The maximum atomic E-state index is 12.7. The van der Waals surface area contributed by atoms with Crippen LogP contribution in [0.5, 0.6) is 5.75 Å². The van der Waals surface area contributed by atoms with E-state index in [1.54, 1.807) is 0 Å². The highest BCUT2D eigenvalue weighted by Gasteiger charge is 2.42. The van der Waals surface area contributed by atoms with Gasteiger partial charge in [0.2, 0.25) is 10.0 Å². The van der Waals surface area contributed by atoms with Crippen molar-refractivity contribution in [2.45, 2.75) is 43.0 Å². The third kappa shape index (κ3) is 4.24. The zero-order chi connectivity index (χ0) is 20.4. The van der Waals surface area contributed by atoms with E-state index < -0.39 is 27.4 Å². The Bertz CT molecular complexity index is 826. The average molecular weight is 398 g/mol. The number of hydrogen-bond donors (Lipinski definition) is 2. The summed E-state index contributed by atoms with van der Waals surface area (Å²) in [6, 6.07) is 4.02. The Balaban J connectivity index is 2.38. The van der Waals surface area contributed by atoms with Crippen molar-refractivity contribution in [2.75, 3.05) is 21.2 Å². The van der Waals surface area contributed by atoms with Gasteiger partial charge in [0.1, 0.15) is 16.2 Å². The van der Waals surface area contributed by atoms with Gasteiger partial charge in [-0.05, 0) is 49.8 Å². The van der Waals surface area contributed by atoms with Gasteiger partial charge in [-0.2, -0.15) is 0 Å². The number of carbonyl (C=O) groups excluding carboxylic acids is 1. The summed E-state index contributed by atoms with van der Waals surface area (Å²) >= 11 is 0. The molecule has 0 radical (unpaired) electrons. The van der Waals surface area contributed by atoms with Crippen LogP contribution in [0.25, 0.3) is 0 Å². The molecule has 0 bridgehead atoms. The van der Waals surface area contributed by atoms with Crippen LogP contribution in [0, 0.1) is 5.92 Å². The van der Waals surface area contributed by atoms with Crippen LogP contribution in [0.4, 0.5) is 0 Å². The van der Waals surface area contributed by atoms with Crippen molar-refractivity contribution in [3.05, 3.63) is 23.8 Å². The number of carbonyl (C=O) groups is 2. The van der Waals surface area contributed by atoms with E-state index in [9.17, 15) is 23.1 Å². The van der Waals surface area contributed by atoms with Crippen molar-refractivity contribution >= 4 is 21.9 Å². The summed E-state index contributed by atoms with van der Waals surface area (Å²) in [5.41, 5.74) is -1.26. The van der Waals surface area contributed by atoms with E-state index in [1.165, 1.54) is 39.4 Å². The fraction of sp³-hybridized carbons (Fsp3) is 0.556. The maximum absolute atomic E-state index is 12.7. The molecule has 1 aliphatic carbocycles. The van der Waals surface area contributed by atoms with Gasteiger partial charge in [-0.15, -0.1) is 0 Å². The molecule has 2 rings (SSSR count). The zero-order valence-electron chi connectivity index (χ0n) is 16.0. The molecule has 1 aliphatic rings. The average Bonchev–Trinajstić information content (AvgIpc) is 2.62. The summed E-state index contributed by atoms with van der Waals surface area (Å²) in [4.78, 5) is 24.4. The fourth-order valence-electron chi connectivity index (χ4n) is 3.15. The molecule has 8 nitrogen and oxygen atoms in total.